The van der Waals surface area contributed by atoms with Crippen LogP contribution in [-0.2, 0) is 27.1 Å². The summed E-state index contributed by atoms with van der Waals surface area (Å²) in [6.07, 6.45) is 2.68. The largest absolute Gasteiger partial charge is 0.462 e. The summed E-state index contributed by atoms with van der Waals surface area (Å²) < 4.78 is 10.2. The lowest BCUT2D eigenvalue weighted by atomic mass is 10.1. The lowest BCUT2D eigenvalue weighted by Gasteiger charge is -2.08. The number of amides is 1. The standard InChI is InChI=1S/C18H20N2O5S2/c1-4-24-17(22)14-11-6-5-7-12(11)27-16(14)20-13(21)8-25-18(23)15-9(2)19-10(3)26-15/h4-8H2,1-3H3,(H,20,21). The van der Waals surface area contributed by atoms with E-state index in [1.54, 1.807) is 20.8 Å². The van der Waals surface area contributed by atoms with E-state index in [1.807, 2.05) is 0 Å². The summed E-state index contributed by atoms with van der Waals surface area (Å²) in [4.78, 5) is 42.3. The first-order valence-electron chi connectivity index (χ1n) is 8.63. The third kappa shape index (κ3) is 4.19. The molecule has 2 aromatic rings. The van der Waals surface area contributed by atoms with Gasteiger partial charge in [-0.1, -0.05) is 0 Å². The number of ether oxygens (including phenoxy) is 2. The maximum atomic E-state index is 12.3. The number of rotatable bonds is 6. The minimum atomic E-state index is -0.576. The number of nitrogens with zero attached hydrogens (tertiary/aromatic N) is 1. The van der Waals surface area contributed by atoms with Crippen LogP contribution in [0, 0.1) is 13.8 Å². The van der Waals surface area contributed by atoms with Gasteiger partial charge in [0.05, 0.1) is 22.9 Å². The molecular weight excluding hydrogens is 388 g/mol. The van der Waals surface area contributed by atoms with Crippen LogP contribution >= 0.6 is 22.7 Å². The Bertz CT molecular complexity index is 900. The molecule has 2 heterocycles. The Labute approximate surface area is 164 Å². The average Bonchev–Trinajstić information content (AvgIpc) is 3.27. The second kappa shape index (κ2) is 8.18. The molecule has 3 rings (SSSR count). The van der Waals surface area contributed by atoms with Crippen molar-refractivity contribution >= 4 is 45.5 Å². The lowest BCUT2D eigenvalue weighted by Crippen LogP contribution is -2.21. The quantitative estimate of drug-likeness (QED) is 0.737. The number of anilines is 1. The first-order chi connectivity index (χ1) is 12.9. The zero-order valence-corrected chi connectivity index (χ0v) is 17.0. The monoisotopic (exact) mass is 408 g/mol. The number of fused-ring (bicyclic) bond motifs is 1. The number of thiazole rings is 1. The number of carbonyl (C=O) groups excluding carboxylic acids is 3. The van der Waals surface area contributed by atoms with Gasteiger partial charge in [-0.3, -0.25) is 4.79 Å². The molecule has 0 aliphatic heterocycles. The summed E-state index contributed by atoms with van der Waals surface area (Å²) in [5.74, 6) is -1.50. The lowest BCUT2D eigenvalue weighted by molar-refractivity contribution is -0.119. The van der Waals surface area contributed by atoms with E-state index < -0.39 is 24.5 Å². The highest BCUT2D eigenvalue weighted by Gasteiger charge is 2.28. The summed E-state index contributed by atoms with van der Waals surface area (Å²) in [6.45, 7) is 5.10. The van der Waals surface area contributed by atoms with Gasteiger partial charge < -0.3 is 14.8 Å². The van der Waals surface area contributed by atoms with Gasteiger partial charge in [0.1, 0.15) is 9.88 Å². The molecule has 0 fully saturated rings. The highest BCUT2D eigenvalue weighted by Crippen LogP contribution is 2.39. The van der Waals surface area contributed by atoms with E-state index in [9.17, 15) is 14.4 Å². The molecule has 1 aliphatic rings. The van der Waals surface area contributed by atoms with Gasteiger partial charge >= 0.3 is 11.9 Å². The Kier molecular flexibility index (Phi) is 5.91. The van der Waals surface area contributed by atoms with Crippen LogP contribution in [0.3, 0.4) is 0 Å². The summed E-state index contributed by atoms with van der Waals surface area (Å²) >= 11 is 2.62. The maximum Gasteiger partial charge on any atom is 0.350 e. The number of nitrogens with one attached hydrogen (secondary N) is 1. The molecule has 0 spiro atoms. The Balaban J connectivity index is 1.67. The van der Waals surface area contributed by atoms with Crippen LogP contribution in [0.15, 0.2) is 0 Å². The third-order valence-electron chi connectivity index (χ3n) is 4.08. The number of carbonyl (C=O) groups is 3. The van der Waals surface area contributed by atoms with E-state index in [1.165, 1.54) is 22.7 Å². The highest BCUT2D eigenvalue weighted by molar-refractivity contribution is 7.17. The molecule has 1 N–H and O–H groups in total. The molecule has 144 valence electrons. The Morgan fingerprint density at radius 2 is 1.89 bits per heavy atom. The number of hydrogen-bond acceptors (Lipinski definition) is 8. The van der Waals surface area contributed by atoms with Gasteiger partial charge in [0.15, 0.2) is 6.61 Å². The van der Waals surface area contributed by atoms with Gasteiger partial charge in [-0.15, -0.1) is 22.7 Å². The van der Waals surface area contributed by atoms with Crippen LogP contribution in [0.4, 0.5) is 5.00 Å². The third-order valence-corrected chi connectivity index (χ3v) is 6.34. The average molecular weight is 409 g/mol. The Morgan fingerprint density at radius 3 is 2.56 bits per heavy atom. The Morgan fingerprint density at radius 1 is 1.11 bits per heavy atom. The first kappa shape index (κ1) is 19.5. The van der Waals surface area contributed by atoms with Crippen LogP contribution < -0.4 is 5.32 Å². The van der Waals surface area contributed by atoms with Crippen LogP contribution in [-0.4, -0.2) is 36.0 Å². The molecule has 7 nitrogen and oxygen atoms in total. The van der Waals surface area contributed by atoms with E-state index in [0.29, 0.717) is 21.1 Å². The van der Waals surface area contributed by atoms with Gasteiger partial charge in [0.2, 0.25) is 0 Å². The van der Waals surface area contributed by atoms with Crippen molar-refractivity contribution in [3.05, 3.63) is 31.6 Å². The fraction of sp³-hybridized carbons (Fsp3) is 0.444. The molecule has 9 heteroatoms. The minimum absolute atomic E-state index is 0.266. The highest BCUT2D eigenvalue weighted by atomic mass is 32.1. The molecule has 0 radical (unpaired) electrons. The zero-order valence-electron chi connectivity index (χ0n) is 15.3. The molecule has 1 aliphatic carbocycles. The van der Waals surface area contributed by atoms with Crippen molar-refractivity contribution in [2.24, 2.45) is 0 Å². The number of thiophene rings is 1. The molecule has 0 unspecified atom stereocenters. The molecule has 0 saturated carbocycles. The van der Waals surface area contributed by atoms with Crippen molar-refractivity contribution in [3.63, 3.8) is 0 Å². The van der Waals surface area contributed by atoms with Crippen LogP contribution in [0.2, 0.25) is 0 Å². The van der Waals surface area contributed by atoms with Crippen molar-refractivity contribution < 1.29 is 23.9 Å². The number of aromatic nitrogens is 1. The second-order valence-corrected chi connectivity index (χ2v) is 8.36. The summed E-state index contributed by atoms with van der Waals surface area (Å²) in [5, 5.41) is 3.92. The van der Waals surface area contributed by atoms with Gasteiger partial charge in [-0.2, -0.15) is 0 Å². The number of esters is 2. The van der Waals surface area contributed by atoms with Crippen molar-refractivity contribution in [3.8, 4) is 0 Å². The van der Waals surface area contributed by atoms with E-state index in [0.717, 1.165) is 34.7 Å². The Hall–Kier alpha value is -2.26. The molecule has 0 bridgehead atoms. The summed E-state index contributed by atoms with van der Waals surface area (Å²) in [5.41, 5.74) is 1.98. The normalized spacial score (nSPS) is 12.6. The first-order valence-corrected chi connectivity index (χ1v) is 10.3. The van der Waals surface area contributed by atoms with Crippen molar-refractivity contribution in [1.82, 2.24) is 4.98 Å². The van der Waals surface area contributed by atoms with E-state index >= 15 is 0 Å². The topological polar surface area (TPSA) is 94.6 Å². The van der Waals surface area contributed by atoms with Crippen molar-refractivity contribution in [1.29, 1.82) is 0 Å². The van der Waals surface area contributed by atoms with Crippen LogP contribution in [0.1, 0.15) is 54.5 Å². The molecule has 1 amide bonds. The van der Waals surface area contributed by atoms with E-state index in [2.05, 4.69) is 10.3 Å². The number of aryl methyl sites for hydroxylation is 3. The fourth-order valence-corrected chi connectivity index (χ4v) is 5.10. The van der Waals surface area contributed by atoms with Gasteiger partial charge in [0, 0.05) is 4.88 Å². The zero-order chi connectivity index (χ0) is 19.6. The predicted molar refractivity (Wildman–Crippen MR) is 103 cm³/mol. The van der Waals surface area contributed by atoms with Crippen molar-refractivity contribution in [2.75, 3.05) is 18.5 Å². The molecule has 27 heavy (non-hydrogen) atoms. The fourth-order valence-electron chi connectivity index (χ4n) is 2.99. The van der Waals surface area contributed by atoms with E-state index in [4.69, 9.17) is 9.47 Å². The maximum absolute atomic E-state index is 12.3. The van der Waals surface area contributed by atoms with Gasteiger partial charge in [-0.25, -0.2) is 14.6 Å². The smallest absolute Gasteiger partial charge is 0.350 e. The molecule has 0 atom stereocenters. The SMILES string of the molecule is CCOC(=O)c1c(NC(=O)COC(=O)c2sc(C)nc2C)sc2c1CCC2. The summed E-state index contributed by atoms with van der Waals surface area (Å²) in [7, 11) is 0. The van der Waals surface area contributed by atoms with Gasteiger partial charge in [0.25, 0.3) is 5.91 Å². The van der Waals surface area contributed by atoms with Gasteiger partial charge in [-0.05, 0) is 45.6 Å². The second-order valence-electron chi connectivity index (χ2n) is 6.05. The van der Waals surface area contributed by atoms with Crippen LogP contribution in [0.25, 0.3) is 0 Å². The van der Waals surface area contributed by atoms with Crippen LogP contribution in [0.5, 0.6) is 0 Å². The molecule has 0 saturated heterocycles. The van der Waals surface area contributed by atoms with E-state index in [-0.39, 0.29) is 6.61 Å². The predicted octanol–water partition coefficient (Wildman–Crippen LogP) is 3.28. The molecular formula is C18H20N2O5S2. The minimum Gasteiger partial charge on any atom is -0.462 e. The summed E-state index contributed by atoms with van der Waals surface area (Å²) in [6, 6.07) is 0. The number of hydrogen-bond donors (Lipinski definition) is 1. The molecule has 0 aromatic carbocycles. The van der Waals surface area contributed by atoms with Crippen molar-refractivity contribution in [2.45, 2.75) is 40.0 Å². The molecule has 2 aromatic heterocycles.